The van der Waals surface area contributed by atoms with Crippen molar-refractivity contribution in [3.63, 3.8) is 0 Å². The summed E-state index contributed by atoms with van der Waals surface area (Å²) < 4.78 is 0. The SMILES string of the molecule is CN1c2c(Cl)cc(CN=O)cc2CCC1CN=O. The first-order valence-corrected chi connectivity index (χ1v) is 6.17. The molecular formula is C12H14ClN3O2. The molecule has 6 heteroatoms. The number of fused-ring (bicyclic) bond motifs is 1. The Labute approximate surface area is 110 Å². The molecule has 1 aromatic carbocycles. The molecule has 18 heavy (non-hydrogen) atoms. The summed E-state index contributed by atoms with van der Waals surface area (Å²) in [6, 6.07) is 3.82. The quantitative estimate of drug-likeness (QED) is 0.788. The van der Waals surface area contributed by atoms with Gasteiger partial charge in [0.15, 0.2) is 0 Å². The second-order valence-corrected chi connectivity index (χ2v) is 4.89. The molecule has 1 atom stereocenters. The van der Waals surface area contributed by atoms with E-state index in [2.05, 4.69) is 10.4 Å². The lowest BCUT2D eigenvalue weighted by Gasteiger charge is -2.35. The summed E-state index contributed by atoms with van der Waals surface area (Å²) in [6.45, 7) is 0.403. The number of hydrogen-bond donors (Lipinski definition) is 0. The smallest absolute Gasteiger partial charge is 0.106 e. The fourth-order valence-electron chi connectivity index (χ4n) is 2.47. The molecule has 1 aromatic rings. The number of halogens is 1. The first-order valence-electron chi connectivity index (χ1n) is 5.79. The standard InChI is InChI=1S/C12H14ClN3O2/c1-16-10(7-15-18)3-2-9-4-8(6-14-17)5-11(13)12(9)16/h4-5,10H,2-3,6-7H2,1H3. The molecule has 2 rings (SSSR count). The van der Waals surface area contributed by atoms with Crippen LogP contribution in [0, 0.1) is 9.81 Å². The second-order valence-electron chi connectivity index (χ2n) is 4.49. The Morgan fingerprint density at radius 1 is 1.39 bits per heavy atom. The monoisotopic (exact) mass is 267 g/mol. The summed E-state index contributed by atoms with van der Waals surface area (Å²) in [5, 5.41) is 6.45. The van der Waals surface area contributed by atoms with Crippen LogP contribution in [0.3, 0.4) is 0 Å². The molecule has 0 bridgehead atoms. The zero-order valence-electron chi connectivity index (χ0n) is 10.1. The predicted molar refractivity (Wildman–Crippen MR) is 72.1 cm³/mol. The molecule has 0 fully saturated rings. The van der Waals surface area contributed by atoms with Gasteiger partial charge in [-0.05, 0) is 30.0 Å². The minimum absolute atomic E-state index is 0.0996. The van der Waals surface area contributed by atoms with Gasteiger partial charge in [0.25, 0.3) is 0 Å². The van der Waals surface area contributed by atoms with Crippen molar-refractivity contribution in [2.75, 3.05) is 18.5 Å². The number of likely N-dealkylation sites (N-methyl/N-ethyl adjacent to an activating group) is 1. The largest absolute Gasteiger partial charge is 0.368 e. The van der Waals surface area contributed by atoms with Crippen LogP contribution in [0.15, 0.2) is 22.5 Å². The van der Waals surface area contributed by atoms with E-state index in [1.165, 1.54) is 0 Å². The number of anilines is 1. The third-order valence-corrected chi connectivity index (χ3v) is 3.67. The van der Waals surface area contributed by atoms with Crippen LogP contribution >= 0.6 is 11.6 Å². The van der Waals surface area contributed by atoms with E-state index in [1.807, 2.05) is 18.0 Å². The summed E-state index contributed by atoms with van der Waals surface area (Å²) in [4.78, 5) is 22.7. The van der Waals surface area contributed by atoms with Gasteiger partial charge in [-0.25, -0.2) is 0 Å². The van der Waals surface area contributed by atoms with Gasteiger partial charge in [0.05, 0.1) is 16.8 Å². The van der Waals surface area contributed by atoms with Crippen LogP contribution in [0.1, 0.15) is 17.5 Å². The minimum Gasteiger partial charge on any atom is -0.368 e. The molecule has 0 aromatic heterocycles. The Balaban J connectivity index is 2.36. The van der Waals surface area contributed by atoms with E-state index in [1.54, 1.807) is 6.07 Å². The van der Waals surface area contributed by atoms with Gasteiger partial charge < -0.3 is 4.90 Å². The molecule has 0 spiro atoms. The van der Waals surface area contributed by atoms with Gasteiger partial charge in [0.2, 0.25) is 0 Å². The molecule has 96 valence electrons. The van der Waals surface area contributed by atoms with E-state index in [4.69, 9.17) is 11.6 Å². The molecule has 0 amide bonds. The Morgan fingerprint density at radius 2 is 2.17 bits per heavy atom. The lowest BCUT2D eigenvalue weighted by molar-refractivity contribution is 0.564. The van der Waals surface area contributed by atoms with E-state index in [0.717, 1.165) is 29.7 Å². The first-order chi connectivity index (χ1) is 8.67. The van der Waals surface area contributed by atoms with Crippen molar-refractivity contribution < 1.29 is 0 Å². The lowest BCUT2D eigenvalue weighted by Crippen LogP contribution is -2.38. The van der Waals surface area contributed by atoms with Gasteiger partial charge in [0.1, 0.15) is 13.1 Å². The summed E-state index contributed by atoms with van der Waals surface area (Å²) in [7, 11) is 1.91. The Morgan fingerprint density at radius 3 is 2.83 bits per heavy atom. The number of benzene rings is 1. The van der Waals surface area contributed by atoms with E-state index in [0.29, 0.717) is 5.02 Å². The van der Waals surface area contributed by atoms with E-state index >= 15 is 0 Å². The summed E-state index contributed by atoms with van der Waals surface area (Å²) in [5.74, 6) is 0. The van der Waals surface area contributed by atoms with Crippen molar-refractivity contribution >= 4 is 17.3 Å². The second kappa shape index (κ2) is 5.44. The van der Waals surface area contributed by atoms with Crippen molar-refractivity contribution in [2.24, 2.45) is 10.4 Å². The third-order valence-electron chi connectivity index (χ3n) is 3.38. The van der Waals surface area contributed by atoms with E-state index in [9.17, 15) is 9.81 Å². The van der Waals surface area contributed by atoms with Gasteiger partial charge in [-0.2, -0.15) is 9.81 Å². The maximum Gasteiger partial charge on any atom is 0.106 e. The summed E-state index contributed by atoms with van der Waals surface area (Å²) in [6.07, 6.45) is 1.70. The molecule has 0 saturated heterocycles. The summed E-state index contributed by atoms with van der Waals surface area (Å²) in [5.41, 5.74) is 2.87. The lowest BCUT2D eigenvalue weighted by atomic mass is 9.94. The van der Waals surface area contributed by atoms with Crippen molar-refractivity contribution in [3.05, 3.63) is 38.1 Å². The maximum absolute atomic E-state index is 10.4. The molecule has 1 aliphatic heterocycles. The molecule has 0 N–H and O–H groups in total. The maximum atomic E-state index is 10.4. The average molecular weight is 268 g/mol. The summed E-state index contributed by atoms with van der Waals surface area (Å²) >= 11 is 6.25. The highest BCUT2D eigenvalue weighted by Crippen LogP contribution is 2.37. The van der Waals surface area contributed by atoms with Crippen LogP contribution < -0.4 is 4.90 Å². The number of nitrogens with zero attached hydrogens (tertiary/aromatic N) is 3. The number of aryl methyl sites for hydroxylation is 1. The van der Waals surface area contributed by atoms with Crippen molar-refractivity contribution in [1.82, 2.24) is 0 Å². The van der Waals surface area contributed by atoms with Gasteiger partial charge >= 0.3 is 0 Å². The molecule has 0 saturated carbocycles. The average Bonchev–Trinajstić information content (AvgIpc) is 2.33. The Kier molecular flexibility index (Phi) is 3.91. The van der Waals surface area contributed by atoms with Gasteiger partial charge in [-0.1, -0.05) is 28.0 Å². The van der Waals surface area contributed by atoms with Crippen LogP contribution in [0.25, 0.3) is 0 Å². The van der Waals surface area contributed by atoms with Crippen LogP contribution in [0.2, 0.25) is 5.02 Å². The highest BCUT2D eigenvalue weighted by molar-refractivity contribution is 6.33. The van der Waals surface area contributed by atoms with Gasteiger partial charge in [-0.3, -0.25) is 0 Å². The fourth-order valence-corrected chi connectivity index (χ4v) is 2.86. The van der Waals surface area contributed by atoms with E-state index in [-0.39, 0.29) is 19.1 Å². The van der Waals surface area contributed by atoms with Crippen LogP contribution in [0.5, 0.6) is 0 Å². The van der Waals surface area contributed by atoms with Crippen molar-refractivity contribution in [1.29, 1.82) is 0 Å². The molecule has 1 unspecified atom stereocenters. The highest BCUT2D eigenvalue weighted by atomic mass is 35.5. The molecular weight excluding hydrogens is 254 g/mol. The number of nitroso groups, excluding NO2 is 2. The first kappa shape index (κ1) is 13.0. The van der Waals surface area contributed by atoms with Crippen LogP contribution in [-0.2, 0) is 13.0 Å². The minimum atomic E-state index is 0.0996. The van der Waals surface area contributed by atoms with Crippen molar-refractivity contribution in [3.8, 4) is 0 Å². The van der Waals surface area contributed by atoms with Crippen LogP contribution in [0.4, 0.5) is 5.69 Å². The molecule has 0 aliphatic carbocycles. The number of hydrogen-bond acceptors (Lipinski definition) is 5. The zero-order valence-corrected chi connectivity index (χ0v) is 10.9. The van der Waals surface area contributed by atoms with Gasteiger partial charge in [0, 0.05) is 7.05 Å². The zero-order chi connectivity index (χ0) is 13.1. The molecule has 0 radical (unpaired) electrons. The normalized spacial score (nSPS) is 18.3. The predicted octanol–water partition coefficient (Wildman–Crippen LogP) is 3.12. The third kappa shape index (κ3) is 2.36. The van der Waals surface area contributed by atoms with Gasteiger partial charge in [-0.15, -0.1) is 0 Å². The Bertz CT molecular complexity index is 479. The molecule has 1 aliphatic rings. The Hall–Kier alpha value is -1.49. The van der Waals surface area contributed by atoms with E-state index < -0.39 is 0 Å². The molecule has 1 heterocycles. The topological polar surface area (TPSA) is 62.1 Å². The number of rotatable bonds is 4. The molecule has 5 nitrogen and oxygen atoms in total. The van der Waals surface area contributed by atoms with Crippen molar-refractivity contribution in [2.45, 2.75) is 25.4 Å². The fraction of sp³-hybridized carbons (Fsp3) is 0.500. The highest BCUT2D eigenvalue weighted by Gasteiger charge is 2.26. The van der Waals surface area contributed by atoms with Crippen LogP contribution in [-0.4, -0.2) is 19.6 Å².